The third-order valence-corrected chi connectivity index (χ3v) is 2.60. The summed E-state index contributed by atoms with van der Waals surface area (Å²) in [5, 5.41) is 9.15. The molecule has 0 aliphatic rings. The number of rotatable bonds is 5. The van der Waals surface area contributed by atoms with Crippen LogP contribution in [-0.4, -0.2) is 26.6 Å². The molecule has 1 heterocycles. The Morgan fingerprint density at radius 2 is 2.05 bits per heavy atom. The summed E-state index contributed by atoms with van der Waals surface area (Å²) in [4.78, 5) is 27.1. The average Bonchev–Trinajstić information content (AvgIpc) is 2.97. The molecule has 1 aromatic heterocycles. The number of benzene rings is 1. The zero-order valence-electron chi connectivity index (χ0n) is 11.0. The van der Waals surface area contributed by atoms with Gasteiger partial charge in [0.25, 0.3) is 5.91 Å². The molecule has 7 nitrogen and oxygen atoms in total. The van der Waals surface area contributed by atoms with Crippen LogP contribution in [0.4, 0.5) is 0 Å². The normalized spacial score (nSPS) is 11.7. The number of carbonyl (C=O) groups excluding carboxylic acids is 2. The summed E-state index contributed by atoms with van der Waals surface area (Å²) in [6.45, 7) is 1.72. The Morgan fingerprint density at radius 3 is 2.65 bits per heavy atom. The summed E-state index contributed by atoms with van der Waals surface area (Å²) >= 11 is 0. The first-order valence-corrected chi connectivity index (χ1v) is 6.09. The van der Waals surface area contributed by atoms with Crippen molar-refractivity contribution in [1.82, 2.24) is 25.4 Å². The van der Waals surface area contributed by atoms with Crippen molar-refractivity contribution < 1.29 is 9.59 Å². The standard InChI is InChI=1S/C13H15N5O2/c1-10(19)17-12(18-9-14-8-16-18)13(20)15-7-11-5-3-2-4-6-11/h2-6,8-9,12H,7H2,1H3,(H,15,20)(H,17,19). The second kappa shape index (κ2) is 6.46. The molecule has 0 spiro atoms. The van der Waals surface area contributed by atoms with E-state index in [1.165, 1.54) is 24.3 Å². The van der Waals surface area contributed by atoms with Crippen molar-refractivity contribution in [3.63, 3.8) is 0 Å². The third-order valence-electron chi connectivity index (χ3n) is 2.60. The summed E-state index contributed by atoms with van der Waals surface area (Å²) in [6.07, 6.45) is 1.78. The van der Waals surface area contributed by atoms with Crippen LogP contribution in [0, 0.1) is 0 Å². The minimum atomic E-state index is -0.904. The Labute approximate surface area is 116 Å². The zero-order valence-corrected chi connectivity index (χ0v) is 11.0. The Bertz CT molecular complexity index is 568. The predicted molar refractivity (Wildman–Crippen MR) is 71.2 cm³/mol. The van der Waals surface area contributed by atoms with Gasteiger partial charge in [0.05, 0.1) is 0 Å². The maximum atomic E-state index is 12.1. The lowest BCUT2D eigenvalue weighted by atomic mass is 10.2. The first-order valence-electron chi connectivity index (χ1n) is 6.09. The number of amides is 2. The number of carbonyl (C=O) groups is 2. The van der Waals surface area contributed by atoms with E-state index in [-0.39, 0.29) is 11.8 Å². The Balaban J connectivity index is 2.02. The SMILES string of the molecule is CC(=O)NC(C(=O)NCc1ccccc1)n1cncn1. The van der Waals surface area contributed by atoms with Gasteiger partial charge in [-0.2, -0.15) is 5.10 Å². The van der Waals surface area contributed by atoms with E-state index >= 15 is 0 Å². The number of hydrogen-bond acceptors (Lipinski definition) is 4. The van der Waals surface area contributed by atoms with Crippen LogP contribution >= 0.6 is 0 Å². The summed E-state index contributed by atoms with van der Waals surface area (Å²) < 4.78 is 1.29. The van der Waals surface area contributed by atoms with Crippen molar-refractivity contribution in [2.75, 3.05) is 0 Å². The fraction of sp³-hybridized carbons (Fsp3) is 0.231. The molecule has 104 valence electrons. The van der Waals surface area contributed by atoms with Crippen LogP contribution in [0.1, 0.15) is 18.7 Å². The van der Waals surface area contributed by atoms with Gasteiger partial charge in [0, 0.05) is 13.5 Å². The highest BCUT2D eigenvalue weighted by molar-refractivity contribution is 5.84. The van der Waals surface area contributed by atoms with Crippen LogP contribution < -0.4 is 10.6 Å². The fourth-order valence-corrected chi connectivity index (χ4v) is 1.68. The van der Waals surface area contributed by atoms with Crippen molar-refractivity contribution in [1.29, 1.82) is 0 Å². The minimum Gasteiger partial charge on any atom is -0.349 e. The Hall–Kier alpha value is -2.70. The third kappa shape index (κ3) is 3.64. The second-order valence-corrected chi connectivity index (χ2v) is 4.18. The van der Waals surface area contributed by atoms with E-state index in [0.29, 0.717) is 6.54 Å². The molecule has 2 aromatic rings. The molecule has 2 rings (SSSR count). The molecule has 0 saturated carbocycles. The highest BCUT2D eigenvalue weighted by atomic mass is 16.2. The van der Waals surface area contributed by atoms with Crippen molar-refractivity contribution in [2.24, 2.45) is 0 Å². The average molecular weight is 273 g/mol. The maximum absolute atomic E-state index is 12.1. The molecular weight excluding hydrogens is 258 g/mol. The first-order chi connectivity index (χ1) is 9.66. The Kier molecular flexibility index (Phi) is 4.43. The molecule has 7 heteroatoms. The van der Waals surface area contributed by atoms with E-state index in [1.54, 1.807) is 0 Å². The lowest BCUT2D eigenvalue weighted by molar-refractivity contribution is -0.130. The van der Waals surface area contributed by atoms with E-state index in [4.69, 9.17) is 0 Å². The molecule has 1 atom stereocenters. The number of hydrogen-bond donors (Lipinski definition) is 2. The van der Waals surface area contributed by atoms with Gasteiger partial charge in [-0.25, -0.2) is 9.67 Å². The lowest BCUT2D eigenvalue weighted by Gasteiger charge is -2.17. The monoisotopic (exact) mass is 273 g/mol. The molecule has 0 aliphatic heterocycles. The van der Waals surface area contributed by atoms with Gasteiger partial charge in [-0.05, 0) is 5.56 Å². The molecule has 0 radical (unpaired) electrons. The van der Waals surface area contributed by atoms with Crippen molar-refractivity contribution in [3.8, 4) is 0 Å². The van der Waals surface area contributed by atoms with Crippen LogP contribution in [-0.2, 0) is 16.1 Å². The largest absolute Gasteiger partial charge is 0.349 e. The van der Waals surface area contributed by atoms with Gasteiger partial charge >= 0.3 is 0 Å². The molecule has 0 aliphatic carbocycles. The van der Waals surface area contributed by atoms with Crippen molar-refractivity contribution in [2.45, 2.75) is 19.6 Å². The molecule has 2 amide bonds. The minimum absolute atomic E-state index is 0.319. The molecule has 0 fully saturated rings. The van der Waals surface area contributed by atoms with E-state index < -0.39 is 6.17 Å². The summed E-state index contributed by atoms with van der Waals surface area (Å²) in [5.41, 5.74) is 0.973. The molecule has 0 saturated heterocycles. The molecule has 0 bridgehead atoms. The van der Waals surface area contributed by atoms with Gasteiger partial charge in [0.2, 0.25) is 12.1 Å². The van der Waals surface area contributed by atoms with E-state index in [1.807, 2.05) is 30.3 Å². The van der Waals surface area contributed by atoms with Crippen LogP contribution in [0.2, 0.25) is 0 Å². The van der Waals surface area contributed by atoms with Gasteiger partial charge < -0.3 is 10.6 Å². The van der Waals surface area contributed by atoms with Gasteiger partial charge in [0.1, 0.15) is 12.7 Å². The smallest absolute Gasteiger partial charge is 0.265 e. The summed E-state index contributed by atoms with van der Waals surface area (Å²) in [5.74, 6) is -0.671. The van der Waals surface area contributed by atoms with Crippen molar-refractivity contribution in [3.05, 3.63) is 48.5 Å². The molecular formula is C13H15N5O2. The van der Waals surface area contributed by atoms with Gasteiger partial charge in [-0.15, -0.1) is 0 Å². The van der Waals surface area contributed by atoms with E-state index in [0.717, 1.165) is 5.56 Å². The predicted octanol–water partition coefficient (Wildman–Crippen LogP) is 0.229. The topological polar surface area (TPSA) is 88.9 Å². The van der Waals surface area contributed by atoms with Gasteiger partial charge in [-0.3, -0.25) is 9.59 Å². The van der Waals surface area contributed by atoms with Crippen LogP contribution in [0.15, 0.2) is 43.0 Å². The zero-order chi connectivity index (χ0) is 14.4. The highest BCUT2D eigenvalue weighted by Crippen LogP contribution is 2.02. The Morgan fingerprint density at radius 1 is 1.30 bits per heavy atom. The van der Waals surface area contributed by atoms with E-state index in [9.17, 15) is 9.59 Å². The maximum Gasteiger partial charge on any atom is 0.265 e. The number of aromatic nitrogens is 3. The van der Waals surface area contributed by atoms with Gasteiger partial charge in [0.15, 0.2) is 0 Å². The molecule has 2 N–H and O–H groups in total. The quantitative estimate of drug-likeness (QED) is 0.816. The van der Waals surface area contributed by atoms with Gasteiger partial charge in [-0.1, -0.05) is 30.3 Å². The molecule has 1 aromatic carbocycles. The summed E-state index contributed by atoms with van der Waals surface area (Å²) in [7, 11) is 0. The molecule has 20 heavy (non-hydrogen) atoms. The second-order valence-electron chi connectivity index (χ2n) is 4.18. The summed E-state index contributed by atoms with van der Waals surface area (Å²) in [6, 6.07) is 9.50. The van der Waals surface area contributed by atoms with Crippen molar-refractivity contribution >= 4 is 11.8 Å². The lowest BCUT2D eigenvalue weighted by Crippen LogP contribution is -2.42. The fourth-order valence-electron chi connectivity index (χ4n) is 1.68. The van der Waals surface area contributed by atoms with E-state index in [2.05, 4.69) is 20.7 Å². The highest BCUT2D eigenvalue weighted by Gasteiger charge is 2.21. The first kappa shape index (κ1) is 13.7. The number of nitrogens with one attached hydrogen (secondary N) is 2. The molecule has 1 unspecified atom stereocenters. The van der Waals surface area contributed by atoms with Crippen LogP contribution in [0.25, 0.3) is 0 Å². The van der Waals surface area contributed by atoms with Crippen LogP contribution in [0.5, 0.6) is 0 Å². The van der Waals surface area contributed by atoms with Crippen LogP contribution in [0.3, 0.4) is 0 Å². The number of nitrogens with zero attached hydrogens (tertiary/aromatic N) is 3.